The predicted octanol–water partition coefficient (Wildman–Crippen LogP) is 2.03. The minimum atomic E-state index is 0.665. The smallest absolute Gasteiger partial charge is 0.181 e. The van der Waals surface area contributed by atoms with Crippen LogP contribution in [-0.2, 0) is 0 Å². The fourth-order valence-electron chi connectivity index (χ4n) is 1.67. The monoisotopic (exact) mass is 226 g/mol. The number of ether oxygens (including phenoxy) is 1. The van der Waals surface area contributed by atoms with Crippen molar-refractivity contribution in [2.75, 3.05) is 7.11 Å². The number of benzene rings is 1. The summed E-state index contributed by atoms with van der Waals surface area (Å²) in [6.45, 7) is 0. The summed E-state index contributed by atoms with van der Waals surface area (Å²) in [5, 5.41) is 0. The zero-order chi connectivity index (χ0) is 11.7. The standard InChI is InChI=1S/C12H10N4O/c1-17-9-4-2-3-8(5-9)11-15-10-6-13-7-14-12(10)16-11/h2-7H,1H3,(H,13,14,15,16). The Morgan fingerprint density at radius 3 is 3.06 bits per heavy atom. The molecular weight excluding hydrogens is 216 g/mol. The van der Waals surface area contributed by atoms with E-state index in [0.717, 1.165) is 22.7 Å². The molecule has 84 valence electrons. The third kappa shape index (κ3) is 1.71. The van der Waals surface area contributed by atoms with Crippen LogP contribution in [0.2, 0.25) is 0 Å². The van der Waals surface area contributed by atoms with Crippen LogP contribution in [0.15, 0.2) is 36.8 Å². The molecule has 5 heteroatoms. The van der Waals surface area contributed by atoms with Crippen LogP contribution in [0, 0.1) is 0 Å². The number of H-pyrrole nitrogens is 1. The molecule has 1 aromatic carbocycles. The van der Waals surface area contributed by atoms with Gasteiger partial charge >= 0.3 is 0 Å². The van der Waals surface area contributed by atoms with Crippen molar-refractivity contribution >= 4 is 11.2 Å². The minimum Gasteiger partial charge on any atom is -0.497 e. The lowest BCUT2D eigenvalue weighted by molar-refractivity contribution is 0.415. The Morgan fingerprint density at radius 2 is 2.24 bits per heavy atom. The summed E-state index contributed by atoms with van der Waals surface area (Å²) in [6, 6.07) is 7.71. The maximum absolute atomic E-state index is 5.18. The predicted molar refractivity (Wildman–Crippen MR) is 63.7 cm³/mol. The fourth-order valence-corrected chi connectivity index (χ4v) is 1.67. The summed E-state index contributed by atoms with van der Waals surface area (Å²) < 4.78 is 5.18. The SMILES string of the molecule is COc1cccc(-c2nc3ncncc3[nH]2)c1. The van der Waals surface area contributed by atoms with E-state index >= 15 is 0 Å². The van der Waals surface area contributed by atoms with Crippen LogP contribution in [0.1, 0.15) is 0 Å². The van der Waals surface area contributed by atoms with E-state index in [0.29, 0.717) is 5.65 Å². The average Bonchev–Trinajstić information content (AvgIpc) is 2.82. The number of hydrogen-bond acceptors (Lipinski definition) is 4. The molecule has 5 nitrogen and oxygen atoms in total. The first kappa shape index (κ1) is 9.77. The van der Waals surface area contributed by atoms with Crippen molar-refractivity contribution in [3.8, 4) is 17.1 Å². The molecular formula is C12H10N4O. The fraction of sp³-hybridized carbons (Fsp3) is 0.0833. The first-order valence-electron chi connectivity index (χ1n) is 5.17. The molecule has 17 heavy (non-hydrogen) atoms. The first-order valence-corrected chi connectivity index (χ1v) is 5.17. The molecule has 0 bridgehead atoms. The molecule has 3 rings (SSSR count). The third-order valence-electron chi connectivity index (χ3n) is 2.51. The van der Waals surface area contributed by atoms with Gasteiger partial charge < -0.3 is 9.72 Å². The van der Waals surface area contributed by atoms with E-state index in [1.165, 1.54) is 6.33 Å². The molecule has 0 aliphatic carbocycles. The number of aromatic amines is 1. The maximum atomic E-state index is 5.18. The Morgan fingerprint density at radius 1 is 1.29 bits per heavy atom. The molecule has 0 radical (unpaired) electrons. The number of imidazole rings is 1. The molecule has 0 aliphatic heterocycles. The van der Waals surface area contributed by atoms with Crippen molar-refractivity contribution in [1.82, 2.24) is 19.9 Å². The van der Waals surface area contributed by atoms with Crippen LogP contribution in [0.5, 0.6) is 5.75 Å². The second-order valence-electron chi connectivity index (χ2n) is 3.58. The maximum Gasteiger partial charge on any atom is 0.181 e. The van der Waals surface area contributed by atoms with Crippen molar-refractivity contribution in [3.05, 3.63) is 36.8 Å². The number of rotatable bonds is 2. The Labute approximate surface area is 97.5 Å². The normalized spacial score (nSPS) is 10.6. The van der Waals surface area contributed by atoms with Gasteiger partial charge in [-0.2, -0.15) is 0 Å². The van der Waals surface area contributed by atoms with Gasteiger partial charge in [0.2, 0.25) is 0 Å². The molecule has 0 saturated carbocycles. The van der Waals surface area contributed by atoms with Crippen molar-refractivity contribution < 1.29 is 4.74 Å². The summed E-state index contributed by atoms with van der Waals surface area (Å²) in [7, 11) is 1.64. The van der Waals surface area contributed by atoms with Gasteiger partial charge in [-0.05, 0) is 12.1 Å². The van der Waals surface area contributed by atoms with Crippen molar-refractivity contribution in [1.29, 1.82) is 0 Å². The van der Waals surface area contributed by atoms with Gasteiger partial charge in [0.15, 0.2) is 5.65 Å². The van der Waals surface area contributed by atoms with E-state index in [1.54, 1.807) is 13.3 Å². The number of aromatic nitrogens is 4. The Hall–Kier alpha value is -2.43. The molecule has 2 heterocycles. The largest absolute Gasteiger partial charge is 0.497 e. The number of fused-ring (bicyclic) bond motifs is 1. The van der Waals surface area contributed by atoms with Crippen LogP contribution in [0.3, 0.4) is 0 Å². The Balaban J connectivity index is 2.13. The number of nitrogens with one attached hydrogen (secondary N) is 1. The van der Waals surface area contributed by atoms with E-state index in [1.807, 2.05) is 24.3 Å². The van der Waals surface area contributed by atoms with Gasteiger partial charge in [0, 0.05) is 5.56 Å². The highest BCUT2D eigenvalue weighted by Gasteiger charge is 2.06. The van der Waals surface area contributed by atoms with Gasteiger partial charge in [0.25, 0.3) is 0 Å². The first-order chi connectivity index (χ1) is 8.36. The van der Waals surface area contributed by atoms with E-state index in [2.05, 4.69) is 19.9 Å². The molecule has 0 atom stereocenters. The van der Waals surface area contributed by atoms with Crippen molar-refractivity contribution in [2.24, 2.45) is 0 Å². The van der Waals surface area contributed by atoms with E-state index in [-0.39, 0.29) is 0 Å². The average molecular weight is 226 g/mol. The lowest BCUT2D eigenvalue weighted by Gasteiger charge is -2.00. The lowest BCUT2D eigenvalue weighted by Crippen LogP contribution is -1.84. The summed E-state index contributed by atoms with van der Waals surface area (Å²) >= 11 is 0. The third-order valence-corrected chi connectivity index (χ3v) is 2.51. The highest BCUT2D eigenvalue weighted by molar-refractivity contribution is 5.75. The highest BCUT2D eigenvalue weighted by Crippen LogP contribution is 2.22. The van der Waals surface area contributed by atoms with E-state index in [4.69, 9.17) is 4.74 Å². The van der Waals surface area contributed by atoms with Gasteiger partial charge in [-0.15, -0.1) is 0 Å². The molecule has 0 saturated heterocycles. The number of nitrogens with zero attached hydrogens (tertiary/aromatic N) is 3. The molecule has 1 N–H and O–H groups in total. The number of hydrogen-bond donors (Lipinski definition) is 1. The summed E-state index contributed by atoms with van der Waals surface area (Å²) in [4.78, 5) is 15.6. The minimum absolute atomic E-state index is 0.665. The van der Waals surface area contributed by atoms with Crippen LogP contribution in [-0.4, -0.2) is 27.0 Å². The zero-order valence-electron chi connectivity index (χ0n) is 9.21. The quantitative estimate of drug-likeness (QED) is 0.726. The van der Waals surface area contributed by atoms with Crippen LogP contribution >= 0.6 is 0 Å². The number of methoxy groups -OCH3 is 1. The Bertz CT molecular complexity index is 629. The van der Waals surface area contributed by atoms with Crippen LogP contribution < -0.4 is 4.74 Å². The van der Waals surface area contributed by atoms with Crippen LogP contribution in [0.25, 0.3) is 22.6 Å². The van der Waals surface area contributed by atoms with E-state index in [9.17, 15) is 0 Å². The second-order valence-corrected chi connectivity index (χ2v) is 3.58. The van der Waals surface area contributed by atoms with Gasteiger partial charge in [0.05, 0.1) is 13.3 Å². The van der Waals surface area contributed by atoms with Crippen molar-refractivity contribution in [3.63, 3.8) is 0 Å². The topological polar surface area (TPSA) is 63.7 Å². The molecule has 0 unspecified atom stereocenters. The molecule has 0 fully saturated rings. The van der Waals surface area contributed by atoms with E-state index < -0.39 is 0 Å². The summed E-state index contributed by atoms with van der Waals surface area (Å²) in [5.74, 6) is 1.56. The second kappa shape index (κ2) is 3.86. The van der Waals surface area contributed by atoms with Gasteiger partial charge in [-0.1, -0.05) is 12.1 Å². The lowest BCUT2D eigenvalue weighted by atomic mass is 10.2. The Kier molecular flexibility index (Phi) is 2.22. The molecule has 0 aliphatic rings. The van der Waals surface area contributed by atoms with Crippen LogP contribution in [0.4, 0.5) is 0 Å². The molecule has 3 aromatic rings. The highest BCUT2D eigenvalue weighted by atomic mass is 16.5. The molecule has 2 aromatic heterocycles. The molecule has 0 amide bonds. The van der Waals surface area contributed by atoms with Gasteiger partial charge in [-0.3, -0.25) is 0 Å². The summed E-state index contributed by atoms with van der Waals surface area (Å²) in [6.07, 6.45) is 3.19. The van der Waals surface area contributed by atoms with Gasteiger partial charge in [0.1, 0.15) is 23.4 Å². The molecule has 0 spiro atoms. The van der Waals surface area contributed by atoms with Gasteiger partial charge in [-0.25, -0.2) is 15.0 Å². The van der Waals surface area contributed by atoms with Crippen molar-refractivity contribution in [2.45, 2.75) is 0 Å². The summed E-state index contributed by atoms with van der Waals surface area (Å²) in [5.41, 5.74) is 2.45. The zero-order valence-corrected chi connectivity index (χ0v) is 9.21.